The van der Waals surface area contributed by atoms with Gasteiger partial charge in [0.05, 0.1) is 11.5 Å². The number of carbonyl (C=O) groups excluding carboxylic acids is 1. The van der Waals surface area contributed by atoms with Crippen LogP contribution in [-0.4, -0.2) is 72.3 Å². The van der Waals surface area contributed by atoms with Gasteiger partial charge in [0.15, 0.2) is 11.9 Å². The maximum Gasteiger partial charge on any atom is 0.343 e. The highest BCUT2D eigenvalue weighted by Crippen LogP contribution is 2.62. The Bertz CT molecular complexity index is 1610. The van der Waals surface area contributed by atoms with Crippen LogP contribution in [0.25, 0.3) is 32.4 Å². The highest BCUT2D eigenvalue weighted by molar-refractivity contribution is 6.14. The summed E-state index contributed by atoms with van der Waals surface area (Å²) in [5.74, 6) is -3.47. The molecule has 3 aliphatic rings. The number of hydrogen-bond acceptors (Lipinski definition) is 8. The van der Waals surface area contributed by atoms with Crippen molar-refractivity contribution in [2.75, 3.05) is 0 Å². The van der Waals surface area contributed by atoms with Crippen molar-refractivity contribution in [3.05, 3.63) is 54.7 Å². The van der Waals surface area contributed by atoms with Gasteiger partial charge in [0.25, 0.3) is 0 Å². The number of aliphatic hydroxyl groups is 5. The Hall–Kier alpha value is -3.05. The van der Waals surface area contributed by atoms with Crippen LogP contribution >= 0.6 is 0 Å². The molecule has 2 aliphatic carbocycles. The minimum absolute atomic E-state index is 0.207. The van der Waals surface area contributed by atoms with Gasteiger partial charge in [0, 0.05) is 23.5 Å². The molecule has 0 bridgehead atoms. The molecule has 6 unspecified atom stereocenters. The molecule has 1 saturated heterocycles. The zero-order valence-corrected chi connectivity index (χ0v) is 21.2. The summed E-state index contributed by atoms with van der Waals surface area (Å²) in [7, 11) is 0. The average molecular weight is 534 g/mol. The lowest BCUT2D eigenvalue weighted by Crippen LogP contribution is -2.66. The number of aromatic nitrogens is 1. The number of aromatic amines is 1. The number of carbonyl (C=O) groups is 1. The van der Waals surface area contributed by atoms with Crippen LogP contribution in [0.3, 0.4) is 0 Å². The van der Waals surface area contributed by atoms with Crippen molar-refractivity contribution in [2.24, 2.45) is 5.41 Å². The molecule has 1 aromatic heterocycles. The molecule has 6 atom stereocenters. The molecule has 39 heavy (non-hydrogen) atoms. The second-order valence-corrected chi connectivity index (χ2v) is 11.6. The van der Waals surface area contributed by atoms with E-state index in [1.165, 1.54) is 6.20 Å². The SMILES string of the molecule is O=C(Oc1c[nH]c2ccc3cc4ccccc4cc3c12)C1OC(O)(C2(O)CC(O)CC23CCCC3)C(O)C1O. The summed E-state index contributed by atoms with van der Waals surface area (Å²) in [5.41, 5.74) is -2.20. The predicted octanol–water partition coefficient (Wildman–Crippen LogP) is 2.64. The molecule has 1 spiro atoms. The van der Waals surface area contributed by atoms with E-state index in [2.05, 4.69) is 11.1 Å². The van der Waals surface area contributed by atoms with Crippen LogP contribution in [0.4, 0.5) is 0 Å². The van der Waals surface area contributed by atoms with Crippen molar-refractivity contribution < 1.29 is 39.8 Å². The number of nitrogens with one attached hydrogen (secondary N) is 1. The van der Waals surface area contributed by atoms with Gasteiger partial charge in [-0.15, -0.1) is 0 Å². The molecule has 2 heterocycles. The molecule has 204 valence electrons. The van der Waals surface area contributed by atoms with Crippen LogP contribution in [0.15, 0.2) is 54.7 Å². The van der Waals surface area contributed by atoms with E-state index in [-0.39, 0.29) is 18.6 Å². The number of hydrogen-bond donors (Lipinski definition) is 6. The van der Waals surface area contributed by atoms with Gasteiger partial charge in [-0.3, -0.25) is 0 Å². The second-order valence-electron chi connectivity index (χ2n) is 11.6. The Morgan fingerprint density at radius 1 is 0.949 bits per heavy atom. The maximum absolute atomic E-state index is 13.4. The van der Waals surface area contributed by atoms with Gasteiger partial charge in [0.1, 0.15) is 17.8 Å². The largest absolute Gasteiger partial charge is 0.422 e. The van der Waals surface area contributed by atoms with Crippen LogP contribution < -0.4 is 4.74 Å². The third kappa shape index (κ3) is 3.38. The molecule has 6 N–H and O–H groups in total. The minimum atomic E-state index is -2.66. The Kier molecular flexibility index (Phi) is 5.42. The number of ether oxygens (including phenoxy) is 2. The summed E-state index contributed by atoms with van der Waals surface area (Å²) in [6.07, 6.45) is -2.33. The van der Waals surface area contributed by atoms with E-state index in [1.807, 2.05) is 42.5 Å². The smallest absolute Gasteiger partial charge is 0.343 e. The van der Waals surface area contributed by atoms with E-state index in [4.69, 9.17) is 9.47 Å². The number of esters is 1. The van der Waals surface area contributed by atoms with Crippen LogP contribution in [0.2, 0.25) is 0 Å². The number of aliphatic hydroxyl groups excluding tert-OH is 3. The van der Waals surface area contributed by atoms with Gasteiger partial charge in [-0.05, 0) is 59.0 Å². The average Bonchev–Trinajstić information content (AvgIpc) is 3.67. The number of rotatable bonds is 3. The highest BCUT2D eigenvalue weighted by atomic mass is 16.7. The van der Waals surface area contributed by atoms with Gasteiger partial charge < -0.3 is 40.0 Å². The van der Waals surface area contributed by atoms with Crippen molar-refractivity contribution >= 4 is 38.4 Å². The van der Waals surface area contributed by atoms with Crippen LogP contribution in [0.1, 0.15) is 38.5 Å². The minimum Gasteiger partial charge on any atom is -0.422 e. The molecule has 3 aromatic carbocycles. The van der Waals surface area contributed by atoms with Crippen LogP contribution in [0, 0.1) is 5.41 Å². The lowest BCUT2D eigenvalue weighted by atomic mass is 9.67. The van der Waals surface area contributed by atoms with Crippen molar-refractivity contribution in [3.63, 3.8) is 0 Å². The fraction of sp³-hybridized carbons (Fsp3) is 0.433. The maximum atomic E-state index is 13.4. The van der Waals surface area contributed by atoms with Gasteiger partial charge in [-0.2, -0.15) is 0 Å². The Balaban J connectivity index is 1.23. The van der Waals surface area contributed by atoms with Gasteiger partial charge in [-0.1, -0.05) is 43.2 Å². The van der Waals surface area contributed by atoms with Crippen LogP contribution in [-0.2, 0) is 9.53 Å². The summed E-state index contributed by atoms with van der Waals surface area (Å²) < 4.78 is 11.4. The van der Waals surface area contributed by atoms with E-state index in [9.17, 15) is 30.3 Å². The highest BCUT2D eigenvalue weighted by Gasteiger charge is 2.74. The first-order valence-electron chi connectivity index (χ1n) is 13.5. The standard InChI is InChI=1S/C30H31NO8/c32-19-13-28(9-3-4-10-28)29(36,14-19)30(37)26(34)24(33)25(39-30)27(35)38-22-15-31-21-8-7-18-11-16-5-1-2-6-17(16)12-20(18)23(21)22/h1-2,5-8,11-12,15,19,24-26,31-34,36-37H,3-4,9-10,13-14H2. The van der Waals surface area contributed by atoms with E-state index >= 15 is 0 Å². The zero-order valence-electron chi connectivity index (χ0n) is 21.2. The predicted molar refractivity (Wildman–Crippen MR) is 142 cm³/mol. The normalized spacial score (nSPS) is 34.1. The monoisotopic (exact) mass is 533 g/mol. The summed E-state index contributed by atoms with van der Waals surface area (Å²) in [5, 5.41) is 60.2. The molecule has 3 fully saturated rings. The Morgan fingerprint density at radius 2 is 1.67 bits per heavy atom. The van der Waals surface area contributed by atoms with E-state index < -0.39 is 47.2 Å². The van der Waals surface area contributed by atoms with Crippen molar-refractivity contribution in [2.45, 2.75) is 74.3 Å². The molecule has 9 heteroatoms. The van der Waals surface area contributed by atoms with Crippen LogP contribution in [0.5, 0.6) is 5.75 Å². The molecular weight excluding hydrogens is 502 g/mol. The molecule has 0 radical (unpaired) electrons. The topological polar surface area (TPSA) is 152 Å². The summed E-state index contributed by atoms with van der Waals surface area (Å²) in [6, 6.07) is 15.9. The third-order valence-electron chi connectivity index (χ3n) is 9.46. The lowest BCUT2D eigenvalue weighted by molar-refractivity contribution is -0.339. The first-order chi connectivity index (χ1) is 18.7. The number of benzene rings is 3. The summed E-state index contributed by atoms with van der Waals surface area (Å²) in [6.45, 7) is 0. The van der Waals surface area contributed by atoms with E-state index in [1.54, 1.807) is 0 Å². The molecule has 4 aromatic rings. The molecule has 7 rings (SSSR count). The molecular formula is C30H31NO8. The fourth-order valence-electron chi connectivity index (χ4n) is 7.57. The first kappa shape index (κ1) is 25.0. The van der Waals surface area contributed by atoms with Crippen molar-refractivity contribution in [1.29, 1.82) is 0 Å². The van der Waals surface area contributed by atoms with E-state index in [0.717, 1.165) is 39.9 Å². The van der Waals surface area contributed by atoms with Gasteiger partial charge >= 0.3 is 5.97 Å². The Morgan fingerprint density at radius 3 is 2.41 bits per heavy atom. The Labute approximate surface area is 223 Å². The molecule has 9 nitrogen and oxygen atoms in total. The second kappa shape index (κ2) is 8.47. The van der Waals surface area contributed by atoms with Gasteiger partial charge in [0.2, 0.25) is 5.79 Å². The summed E-state index contributed by atoms with van der Waals surface area (Å²) in [4.78, 5) is 16.5. The van der Waals surface area contributed by atoms with Crippen molar-refractivity contribution in [1.82, 2.24) is 4.98 Å². The van der Waals surface area contributed by atoms with Gasteiger partial charge in [-0.25, -0.2) is 4.79 Å². The molecule has 1 aliphatic heterocycles. The molecule has 2 saturated carbocycles. The van der Waals surface area contributed by atoms with Crippen molar-refractivity contribution in [3.8, 4) is 5.75 Å². The fourth-order valence-corrected chi connectivity index (χ4v) is 7.57. The quantitative estimate of drug-likeness (QED) is 0.174. The number of fused-ring (bicyclic) bond motifs is 4. The number of H-pyrrole nitrogens is 1. The zero-order chi connectivity index (χ0) is 27.2. The molecule has 0 amide bonds. The van der Waals surface area contributed by atoms with E-state index in [0.29, 0.717) is 18.2 Å². The lowest BCUT2D eigenvalue weighted by Gasteiger charge is -2.48. The third-order valence-corrected chi connectivity index (χ3v) is 9.46. The summed E-state index contributed by atoms with van der Waals surface area (Å²) >= 11 is 0. The first-order valence-corrected chi connectivity index (χ1v) is 13.5.